The van der Waals surface area contributed by atoms with E-state index < -0.39 is 16.8 Å². The minimum atomic E-state index is -0.815. The lowest BCUT2D eigenvalue weighted by atomic mass is 9.75. The van der Waals surface area contributed by atoms with E-state index in [4.69, 9.17) is 0 Å². The fourth-order valence-electron chi connectivity index (χ4n) is 4.25. The normalized spacial score (nSPS) is 26.9. The fraction of sp³-hybridized carbons (Fsp3) is 0.579. The van der Waals surface area contributed by atoms with E-state index in [-0.39, 0.29) is 5.91 Å². The molecule has 2 fully saturated rings. The third-order valence-electron chi connectivity index (χ3n) is 5.69. The minimum absolute atomic E-state index is 0.133. The van der Waals surface area contributed by atoms with Gasteiger partial charge in [0.25, 0.3) is 0 Å². The second kappa shape index (κ2) is 5.99. The second-order valence-corrected chi connectivity index (χ2v) is 7.35. The topological polar surface area (TPSA) is 57.6 Å². The van der Waals surface area contributed by atoms with Crippen molar-refractivity contribution >= 4 is 11.9 Å². The Kier molecular flexibility index (Phi) is 4.17. The van der Waals surface area contributed by atoms with Crippen LogP contribution in [-0.4, -0.2) is 35.0 Å². The number of carboxylic acids is 1. The van der Waals surface area contributed by atoms with Gasteiger partial charge in [-0.25, -0.2) is 0 Å². The zero-order chi connectivity index (χ0) is 16.5. The monoisotopic (exact) mass is 315 g/mol. The maximum Gasteiger partial charge on any atom is 0.311 e. The molecule has 1 saturated carbocycles. The van der Waals surface area contributed by atoms with Crippen LogP contribution in [0.5, 0.6) is 0 Å². The van der Waals surface area contributed by atoms with Crippen molar-refractivity contribution in [2.45, 2.75) is 50.9 Å². The van der Waals surface area contributed by atoms with Crippen molar-refractivity contribution in [1.29, 1.82) is 0 Å². The Morgan fingerprint density at radius 1 is 1.04 bits per heavy atom. The highest BCUT2D eigenvalue weighted by Gasteiger charge is 2.48. The van der Waals surface area contributed by atoms with Crippen LogP contribution in [0.3, 0.4) is 0 Å². The van der Waals surface area contributed by atoms with E-state index in [1.54, 1.807) is 6.92 Å². The highest BCUT2D eigenvalue weighted by molar-refractivity contribution is 5.89. The van der Waals surface area contributed by atoms with E-state index in [2.05, 4.69) is 0 Å². The summed E-state index contributed by atoms with van der Waals surface area (Å²) in [7, 11) is 0. The number of nitrogens with zero attached hydrogens (tertiary/aromatic N) is 1. The lowest BCUT2D eigenvalue weighted by Crippen LogP contribution is -2.53. The molecule has 1 saturated heterocycles. The first kappa shape index (κ1) is 16.0. The number of benzene rings is 1. The number of rotatable bonds is 3. The van der Waals surface area contributed by atoms with Gasteiger partial charge in [0, 0.05) is 13.1 Å². The van der Waals surface area contributed by atoms with Gasteiger partial charge in [0.1, 0.15) is 0 Å². The van der Waals surface area contributed by atoms with Gasteiger partial charge in [-0.15, -0.1) is 0 Å². The molecule has 1 amide bonds. The number of hydrogen-bond acceptors (Lipinski definition) is 2. The molecule has 4 nitrogen and oxygen atoms in total. The van der Waals surface area contributed by atoms with Crippen LogP contribution >= 0.6 is 0 Å². The maximum atomic E-state index is 13.4. The first-order valence-electron chi connectivity index (χ1n) is 8.56. The van der Waals surface area contributed by atoms with Crippen LogP contribution in [0.25, 0.3) is 0 Å². The zero-order valence-electron chi connectivity index (χ0n) is 13.8. The Bertz CT molecular complexity index is 592. The molecule has 0 bridgehead atoms. The Morgan fingerprint density at radius 2 is 1.70 bits per heavy atom. The largest absolute Gasteiger partial charge is 0.481 e. The third-order valence-corrected chi connectivity index (χ3v) is 5.69. The number of aliphatic carboxylic acids is 1. The molecule has 1 aromatic carbocycles. The molecule has 0 spiro atoms. The van der Waals surface area contributed by atoms with E-state index in [9.17, 15) is 14.7 Å². The van der Waals surface area contributed by atoms with Gasteiger partial charge < -0.3 is 10.0 Å². The maximum absolute atomic E-state index is 13.4. The molecule has 1 N–H and O–H groups in total. The summed E-state index contributed by atoms with van der Waals surface area (Å²) in [6.07, 6.45) is 5.27. The predicted molar refractivity (Wildman–Crippen MR) is 88.1 cm³/mol. The zero-order valence-corrected chi connectivity index (χ0v) is 13.8. The number of piperidine rings is 1. The van der Waals surface area contributed by atoms with Gasteiger partial charge in [-0.2, -0.15) is 0 Å². The van der Waals surface area contributed by atoms with Crippen LogP contribution in [0.4, 0.5) is 0 Å². The van der Waals surface area contributed by atoms with Crippen LogP contribution in [0.15, 0.2) is 30.3 Å². The Hall–Kier alpha value is -1.84. The highest BCUT2D eigenvalue weighted by atomic mass is 16.4. The molecule has 0 radical (unpaired) electrons. The molecule has 1 heterocycles. The number of likely N-dealkylation sites (tertiary alicyclic amines) is 1. The summed E-state index contributed by atoms with van der Waals surface area (Å²) in [6, 6.07) is 10.0. The molecule has 23 heavy (non-hydrogen) atoms. The van der Waals surface area contributed by atoms with Crippen LogP contribution in [0.1, 0.15) is 51.0 Å². The number of hydrogen-bond donors (Lipinski definition) is 1. The lowest BCUT2D eigenvalue weighted by molar-refractivity contribution is -0.155. The summed E-state index contributed by atoms with van der Waals surface area (Å²) in [5.41, 5.74) is -0.173. The molecule has 1 atom stereocenters. The van der Waals surface area contributed by atoms with Gasteiger partial charge in [-0.3, -0.25) is 9.59 Å². The molecule has 4 heteroatoms. The quantitative estimate of drug-likeness (QED) is 0.932. The highest BCUT2D eigenvalue weighted by Crippen LogP contribution is 2.44. The van der Waals surface area contributed by atoms with E-state index in [1.807, 2.05) is 35.2 Å². The van der Waals surface area contributed by atoms with Crippen LogP contribution in [0.2, 0.25) is 0 Å². The number of carboxylic acid groups (broad SMARTS) is 1. The van der Waals surface area contributed by atoms with Crippen LogP contribution in [0, 0.1) is 5.41 Å². The third kappa shape index (κ3) is 2.75. The molecular weight excluding hydrogens is 290 g/mol. The lowest BCUT2D eigenvalue weighted by Gasteiger charge is -2.42. The van der Waals surface area contributed by atoms with E-state index in [0.717, 1.165) is 37.7 Å². The Labute approximate surface area is 137 Å². The Morgan fingerprint density at radius 3 is 2.30 bits per heavy atom. The molecule has 1 aliphatic heterocycles. The molecule has 1 unspecified atom stereocenters. The van der Waals surface area contributed by atoms with Gasteiger partial charge in [0.2, 0.25) is 5.91 Å². The average molecular weight is 315 g/mol. The summed E-state index contributed by atoms with van der Waals surface area (Å²) in [5.74, 6) is -0.663. The number of carbonyl (C=O) groups excluding carboxylic acids is 1. The fourth-order valence-corrected chi connectivity index (χ4v) is 4.25. The van der Waals surface area contributed by atoms with Gasteiger partial charge >= 0.3 is 5.97 Å². The SMILES string of the molecule is CC1(C(=O)O)CCCN(C(=O)C2(c3ccccc3)CCCC2)C1. The van der Waals surface area contributed by atoms with Gasteiger partial charge in [-0.1, -0.05) is 43.2 Å². The number of amides is 1. The van der Waals surface area contributed by atoms with E-state index in [1.165, 1.54) is 0 Å². The van der Waals surface area contributed by atoms with Gasteiger partial charge in [0.15, 0.2) is 0 Å². The van der Waals surface area contributed by atoms with Crippen LogP contribution in [-0.2, 0) is 15.0 Å². The van der Waals surface area contributed by atoms with E-state index in [0.29, 0.717) is 19.5 Å². The summed E-state index contributed by atoms with van der Waals surface area (Å²) in [4.78, 5) is 26.8. The Balaban J connectivity index is 1.89. The van der Waals surface area contributed by atoms with Crippen molar-refractivity contribution < 1.29 is 14.7 Å². The standard InChI is InChI=1S/C19H25NO3/c1-18(17(22)23)10-7-13-20(14-18)16(21)19(11-5-6-12-19)15-8-3-2-4-9-15/h2-4,8-9H,5-7,10-14H2,1H3,(H,22,23). The molecular formula is C19H25NO3. The minimum Gasteiger partial charge on any atom is -0.481 e. The van der Waals surface area contributed by atoms with Crippen LogP contribution < -0.4 is 0 Å². The van der Waals surface area contributed by atoms with Crippen molar-refractivity contribution in [2.24, 2.45) is 5.41 Å². The summed E-state index contributed by atoms with van der Waals surface area (Å²) in [6.45, 7) is 2.77. The smallest absolute Gasteiger partial charge is 0.311 e. The molecule has 0 aromatic heterocycles. The first-order chi connectivity index (χ1) is 11.0. The molecule has 124 valence electrons. The predicted octanol–water partition coefficient (Wildman–Crippen LogP) is 3.21. The van der Waals surface area contributed by atoms with Crippen molar-refractivity contribution in [1.82, 2.24) is 4.90 Å². The molecule has 3 rings (SSSR count). The summed E-state index contributed by atoms with van der Waals surface area (Å²) < 4.78 is 0. The first-order valence-corrected chi connectivity index (χ1v) is 8.56. The van der Waals surface area contributed by atoms with Crippen molar-refractivity contribution in [2.75, 3.05) is 13.1 Å². The van der Waals surface area contributed by atoms with Crippen molar-refractivity contribution in [3.8, 4) is 0 Å². The summed E-state index contributed by atoms with van der Waals surface area (Å²) >= 11 is 0. The van der Waals surface area contributed by atoms with Crippen molar-refractivity contribution in [3.63, 3.8) is 0 Å². The van der Waals surface area contributed by atoms with Gasteiger partial charge in [0.05, 0.1) is 10.8 Å². The summed E-state index contributed by atoms with van der Waals surface area (Å²) in [5, 5.41) is 9.51. The average Bonchev–Trinajstić information content (AvgIpc) is 3.06. The molecule has 1 aromatic rings. The van der Waals surface area contributed by atoms with Crippen molar-refractivity contribution in [3.05, 3.63) is 35.9 Å². The molecule has 1 aliphatic carbocycles. The van der Waals surface area contributed by atoms with Gasteiger partial charge in [-0.05, 0) is 38.2 Å². The molecule has 2 aliphatic rings. The second-order valence-electron chi connectivity index (χ2n) is 7.35. The number of carbonyl (C=O) groups is 2. The van der Waals surface area contributed by atoms with E-state index >= 15 is 0 Å².